The fraction of sp³-hybridized carbons (Fsp3) is 0.263. The van der Waals surface area contributed by atoms with Gasteiger partial charge in [0.15, 0.2) is 0 Å². The second-order valence-electron chi connectivity index (χ2n) is 6.64. The van der Waals surface area contributed by atoms with Gasteiger partial charge in [-0.2, -0.15) is 13.7 Å². The molecule has 142 valence electrons. The molecule has 0 atom stereocenters. The van der Waals surface area contributed by atoms with Crippen molar-refractivity contribution in [3.63, 3.8) is 0 Å². The van der Waals surface area contributed by atoms with Crippen LogP contribution >= 0.6 is 23.1 Å². The van der Waals surface area contributed by atoms with Gasteiger partial charge in [0.1, 0.15) is 28.5 Å². The third-order valence-corrected chi connectivity index (χ3v) is 6.32. The van der Waals surface area contributed by atoms with Crippen LogP contribution in [0.15, 0.2) is 36.4 Å². The zero-order chi connectivity index (χ0) is 19.1. The number of carbonyl (C=O) groups is 1. The van der Waals surface area contributed by atoms with Crippen LogP contribution in [0.3, 0.4) is 0 Å². The Morgan fingerprint density at radius 3 is 2.79 bits per heavy atom. The predicted octanol–water partition coefficient (Wildman–Crippen LogP) is 4.12. The molecule has 5 rings (SSSR count). The summed E-state index contributed by atoms with van der Waals surface area (Å²) < 4.78 is 28.9. The van der Waals surface area contributed by atoms with Gasteiger partial charge in [-0.15, -0.1) is 0 Å². The number of para-hydroxylation sites is 1. The molecule has 28 heavy (non-hydrogen) atoms. The lowest BCUT2D eigenvalue weighted by Crippen LogP contribution is -2.41. The number of hydrogen-bond acceptors (Lipinski definition) is 7. The molecule has 0 spiro atoms. The molecular formula is C19H15FN4O2S2. The van der Waals surface area contributed by atoms with Crippen LogP contribution in [-0.2, 0) is 0 Å². The van der Waals surface area contributed by atoms with Crippen molar-refractivity contribution in [1.29, 1.82) is 0 Å². The average Bonchev–Trinajstić information content (AvgIpc) is 3.34. The highest BCUT2D eigenvalue weighted by Gasteiger charge is 2.26. The molecule has 4 aromatic rings. The van der Waals surface area contributed by atoms with Gasteiger partial charge in [0.25, 0.3) is 11.1 Å². The summed E-state index contributed by atoms with van der Waals surface area (Å²) in [6, 6.07) is 10.3. The zero-order valence-corrected chi connectivity index (χ0v) is 16.3. The molecule has 1 aliphatic heterocycles. The first kappa shape index (κ1) is 17.4. The summed E-state index contributed by atoms with van der Waals surface area (Å²) in [7, 11) is 0. The summed E-state index contributed by atoms with van der Waals surface area (Å²) in [6.45, 7) is 1.21. The quantitative estimate of drug-likeness (QED) is 0.504. The van der Waals surface area contributed by atoms with Gasteiger partial charge in [-0.25, -0.2) is 4.39 Å². The number of ether oxygens (including phenoxy) is 1. The van der Waals surface area contributed by atoms with E-state index in [1.165, 1.54) is 17.4 Å². The smallest absolute Gasteiger partial charge is 0.274 e. The first-order chi connectivity index (χ1) is 13.7. The number of piperidine rings is 1. The van der Waals surface area contributed by atoms with E-state index in [2.05, 4.69) is 13.7 Å². The van der Waals surface area contributed by atoms with Crippen LogP contribution in [0.5, 0.6) is 5.19 Å². The van der Waals surface area contributed by atoms with Crippen molar-refractivity contribution < 1.29 is 13.9 Å². The van der Waals surface area contributed by atoms with Crippen LogP contribution in [-0.4, -0.2) is 43.7 Å². The second-order valence-corrected chi connectivity index (χ2v) is 8.17. The molecule has 1 aliphatic rings. The minimum Gasteiger partial charge on any atom is -0.467 e. The summed E-state index contributed by atoms with van der Waals surface area (Å²) in [6.07, 6.45) is 1.40. The van der Waals surface area contributed by atoms with Crippen molar-refractivity contribution in [1.82, 2.24) is 18.6 Å². The van der Waals surface area contributed by atoms with E-state index in [1.807, 2.05) is 17.0 Å². The number of nitrogens with zero attached hydrogens (tertiary/aromatic N) is 4. The van der Waals surface area contributed by atoms with Crippen LogP contribution in [0.2, 0.25) is 0 Å². The number of carbonyl (C=O) groups excluding carboxylic acids is 1. The highest BCUT2D eigenvalue weighted by Crippen LogP contribution is 2.31. The topological polar surface area (TPSA) is 68.2 Å². The van der Waals surface area contributed by atoms with Crippen molar-refractivity contribution >= 4 is 50.2 Å². The number of halogens is 1. The van der Waals surface area contributed by atoms with E-state index in [9.17, 15) is 9.18 Å². The van der Waals surface area contributed by atoms with Gasteiger partial charge in [0, 0.05) is 31.5 Å². The van der Waals surface area contributed by atoms with E-state index in [0.717, 1.165) is 27.5 Å². The van der Waals surface area contributed by atoms with Crippen LogP contribution in [0, 0.1) is 5.82 Å². The zero-order valence-electron chi connectivity index (χ0n) is 14.7. The fourth-order valence-corrected chi connectivity index (χ4v) is 4.78. The SMILES string of the molecule is O=C(c1ccc2nsnc2c1)N1CCC(Oc2nc3c(F)cccc3s2)CC1. The highest BCUT2D eigenvalue weighted by molar-refractivity contribution is 7.20. The minimum absolute atomic E-state index is 0.00425. The van der Waals surface area contributed by atoms with Crippen molar-refractivity contribution in [3.8, 4) is 5.19 Å². The van der Waals surface area contributed by atoms with E-state index in [1.54, 1.807) is 18.2 Å². The molecule has 9 heteroatoms. The Morgan fingerprint density at radius 2 is 1.96 bits per heavy atom. The fourth-order valence-electron chi connectivity index (χ4n) is 3.36. The largest absolute Gasteiger partial charge is 0.467 e. The molecule has 1 fully saturated rings. The number of rotatable bonds is 3. The molecule has 1 amide bonds. The molecule has 3 heterocycles. The van der Waals surface area contributed by atoms with E-state index >= 15 is 0 Å². The lowest BCUT2D eigenvalue weighted by molar-refractivity contribution is 0.0595. The van der Waals surface area contributed by atoms with Crippen LogP contribution < -0.4 is 4.74 Å². The van der Waals surface area contributed by atoms with E-state index in [0.29, 0.717) is 42.2 Å². The van der Waals surface area contributed by atoms with Crippen molar-refractivity contribution in [3.05, 3.63) is 47.8 Å². The number of fused-ring (bicyclic) bond motifs is 2. The second kappa shape index (κ2) is 7.06. The number of likely N-dealkylation sites (tertiary alicyclic amines) is 1. The lowest BCUT2D eigenvalue weighted by atomic mass is 10.1. The number of hydrogen-bond donors (Lipinski definition) is 0. The normalized spacial score (nSPS) is 15.4. The minimum atomic E-state index is -0.337. The molecule has 0 unspecified atom stereocenters. The van der Waals surface area contributed by atoms with Gasteiger partial charge in [0.05, 0.1) is 16.4 Å². The summed E-state index contributed by atoms with van der Waals surface area (Å²) in [4.78, 5) is 18.9. The lowest BCUT2D eigenvalue weighted by Gasteiger charge is -2.31. The maximum Gasteiger partial charge on any atom is 0.274 e. The van der Waals surface area contributed by atoms with Gasteiger partial charge in [-0.1, -0.05) is 17.4 Å². The third kappa shape index (κ3) is 3.20. The standard InChI is InChI=1S/C19H15FN4O2S2/c20-13-2-1-3-16-17(13)21-19(27-16)26-12-6-8-24(9-7-12)18(25)11-4-5-14-15(10-11)23-28-22-14/h1-5,10,12H,6-9H2. The molecule has 2 aromatic heterocycles. The Labute approximate surface area is 167 Å². The molecule has 0 aliphatic carbocycles. The Hall–Kier alpha value is -2.65. The van der Waals surface area contributed by atoms with Crippen LogP contribution in [0.1, 0.15) is 23.2 Å². The first-order valence-electron chi connectivity index (χ1n) is 8.91. The molecule has 6 nitrogen and oxygen atoms in total. The van der Waals surface area contributed by atoms with Gasteiger partial charge in [-0.05, 0) is 30.3 Å². The average molecular weight is 414 g/mol. The van der Waals surface area contributed by atoms with Gasteiger partial charge < -0.3 is 9.64 Å². The Morgan fingerprint density at radius 1 is 1.14 bits per heavy atom. The number of thiazole rings is 1. The molecule has 2 aromatic carbocycles. The van der Waals surface area contributed by atoms with Crippen LogP contribution in [0.4, 0.5) is 4.39 Å². The summed E-state index contributed by atoms with van der Waals surface area (Å²) >= 11 is 2.49. The Bertz CT molecular complexity index is 1170. The van der Waals surface area contributed by atoms with Gasteiger partial charge in [0.2, 0.25) is 0 Å². The molecule has 0 bridgehead atoms. The highest BCUT2D eigenvalue weighted by atomic mass is 32.1. The Balaban J connectivity index is 1.24. The molecule has 0 N–H and O–H groups in total. The first-order valence-corrected chi connectivity index (χ1v) is 10.5. The van der Waals surface area contributed by atoms with Crippen molar-refractivity contribution in [2.45, 2.75) is 18.9 Å². The summed E-state index contributed by atoms with van der Waals surface area (Å²) in [5.41, 5.74) is 2.53. The van der Waals surface area contributed by atoms with E-state index in [4.69, 9.17) is 4.74 Å². The molecular weight excluding hydrogens is 399 g/mol. The van der Waals surface area contributed by atoms with E-state index < -0.39 is 0 Å². The number of amides is 1. The van der Waals surface area contributed by atoms with Gasteiger partial charge in [-0.3, -0.25) is 4.79 Å². The summed E-state index contributed by atoms with van der Waals surface area (Å²) in [5.74, 6) is -0.341. The van der Waals surface area contributed by atoms with Gasteiger partial charge >= 0.3 is 0 Å². The van der Waals surface area contributed by atoms with Crippen LogP contribution in [0.25, 0.3) is 21.3 Å². The monoisotopic (exact) mass is 414 g/mol. The maximum absolute atomic E-state index is 13.8. The predicted molar refractivity (Wildman–Crippen MR) is 107 cm³/mol. The number of aromatic nitrogens is 3. The van der Waals surface area contributed by atoms with Crippen molar-refractivity contribution in [2.75, 3.05) is 13.1 Å². The molecule has 1 saturated heterocycles. The molecule has 0 saturated carbocycles. The van der Waals surface area contributed by atoms with Crippen molar-refractivity contribution in [2.24, 2.45) is 0 Å². The summed E-state index contributed by atoms with van der Waals surface area (Å²) in [5, 5.41) is 0.478. The van der Waals surface area contributed by atoms with E-state index in [-0.39, 0.29) is 17.8 Å². The Kier molecular flexibility index (Phi) is 4.40. The number of benzene rings is 2. The third-order valence-electron chi connectivity index (χ3n) is 4.85. The maximum atomic E-state index is 13.8. The molecule has 0 radical (unpaired) electrons.